The number of nitrogens with zero attached hydrogens (tertiary/aromatic N) is 1. The van der Waals surface area contributed by atoms with Crippen molar-refractivity contribution in [2.45, 2.75) is 53.0 Å². The second kappa shape index (κ2) is 10.2. The summed E-state index contributed by atoms with van der Waals surface area (Å²) in [5.41, 5.74) is 13.6. The monoisotopic (exact) mass is 399 g/mol. The summed E-state index contributed by atoms with van der Waals surface area (Å²) >= 11 is 0. The van der Waals surface area contributed by atoms with Crippen LogP contribution in [0.3, 0.4) is 0 Å². The van der Waals surface area contributed by atoms with Crippen molar-refractivity contribution in [2.24, 2.45) is 5.73 Å². The van der Waals surface area contributed by atoms with E-state index in [4.69, 9.17) is 10.7 Å². The van der Waals surface area contributed by atoms with Crippen molar-refractivity contribution >= 4 is 16.6 Å². The molecule has 1 aliphatic carbocycles. The molecule has 1 heterocycles. The number of nitrogens with one attached hydrogen (secondary N) is 1. The summed E-state index contributed by atoms with van der Waals surface area (Å²) in [6, 6.07) is 15.3. The molecule has 0 aliphatic heterocycles. The van der Waals surface area contributed by atoms with Crippen LogP contribution in [0.1, 0.15) is 56.1 Å². The summed E-state index contributed by atoms with van der Waals surface area (Å²) in [5, 5.41) is 0. The van der Waals surface area contributed by atoms with Gasteiger partial charge in [-0.15, -0.1) is 0 Å². The minimum Gasteiger partial charge on any atom is -0.338 e. The number of benzene rings is 2. The molecule has 30 heavy (non-hydrogen) atoms. The lowest BCUT2D eigenvalue weighted by molar-refractivity contribution is 0.834. The second-order valence-corrected chi connectivity index (χ2v) is 8.13. The van der Waals surface area contributed by atoms with Crippen molar-refractivity contribution < 1.29 is 0 Å². The number of aromatic amines is 1. The van der Waals surface area contributed by atoms with Crippen LogP contribution in [-0.2, 0) is 6.42 Å². The molecule has 3 heteroatoms. The number of hydrogen-bond donors (Lipinski definition) is 2. The molecular weight excluding hydrogens is 366 g/mol. The number of aromatic nitrogens is 2. The van der Waals surface area contributed by atoms with E-state index in [0.717, 1.165) is 41.7 Å². The fourth-order valence-electron chi connectivity index (χ4n) is 3.60. The van der Waals surface area contributed by atoms with Crippen molar-refractivity contribution in [3.63, 3.8) is 0 Å². The molecule has 0 saturated heterocycles. The molecule has 1 aromatic heterocycles. The second-order valence-electron chi connectivity index (χ2n) is 8.13. The fraction of sp³-hybridized carbons (Fsp3) is 0.296. The topological polar surface area (TPSA) is 54.7 Å². The first-order valence-electron chi connectivity index (χ1n) is 10.8. The van der Waals surface area contributed by atoms with Crippen molar-refractivity contribution in [2.75, 3.05) is 0 Å². The van der Waals surface area contributed by atoms with Gasteiger partial charge in [0.15, 0.2) is 0 Å². The standard InChI is InChI=1S/C24H24N2.C3H9N/c1-3-20(24-25-22-11-7-8-12-23(22)26-24)21-16-19(14-13-17(21)2)15-18-9-5-4-6-10-18;1-3(2)4/h3,5,7-14,16H,4,6,15H2,1-2H3,(H,25,26);3H,4H2,1-2H3/b20-3-;. The zero-order valence-electron chi connectivity index (χ0n) is 18.6. The Morgan fingerprint density at radius 1 is 1.17 bits per heavy atom. The normalized spacial score (nSPS) is 13.9. The van der Waals surface area contributed by atoms with Gasteiger partial charge in [-0.1, -0.05) is 68.5 Å². The number of fused-ring (bicyclic) bond motifs is 1. The lowest BCUT2D eigenvalue weighted by atomic mass is 9.93. The molecule has 0 radical (unpaired) electrons. The molecule has 3 N–H and O–H groups in total. The number of H-pyrrole nitrogens is 1. The molecule has 0 fully saturated rings. The molecule has 2 aromatic carbocycles. The van der Waals surface area contributed by atoms with Gasteiger partial charge in [0.05, 0.1) is 11.0 Å². The highest BCUT2D eigenvalue weighted by Crippen LogP contribution is 2.28. The average molecular weight is 400 g/mol. The first-order valence-corrected chi connectivity index (χ1v) is 10.8. The Kier molecular flexibility index (Phi) is 7.42. The Bertz CT molecular complexity index is 1040. The maximum atomic E-state index is 5.11. The van der Waals surface area contributed by atoms with E-state index in [9.17, 15) is 0 Å². The van der Waals surface area contributed by atoms with Crippen LogP contribution >= 0.6 is 0 Å². The van der Waals surface area contributed by atoms with Crippen molar-refractivity contribution in [3.05, 3.63) is 94.9 Å². The molecule has 3 nitrogen and oxygen atoms in total. The molecule has 4 rings (SSSR count). The van der Waals surface area contributed by atoms with Crippen LogP contribution in [0.4, 0.5) is 0 Å². The first-order chi connectivity index (χ1) is 14.5. The van der Waals surface area contributed by atoms with E-state index in [1.807, 2.05) is 32.0 Å². The van der Waals surface area contributed by atoms with Crippen LogP contribution in [0.2, 0.25) is 0 Å². The quantitative estimate of drug-likeness (QED) is 0.526. The van der Waals surface area contributed by atoms with Gasteiger partial charge in [-0.2, -0.15) is 0 Å². The average Bonchev–Trinajstić information content (AvgIpc) is 3.15. The first kappa shape index (κ1) is 21.8. The Morgan fingerprint density at radius 2 is 1.93 bits per heavy atom. The minimum absolute atomic E-state index is 0.333. The number of aryl methyl sites for hydroxylation is 1. The molecule has 1 aliphatic rings. The van der Waals surface area contributed by atoms with Crippen LogP contribution < -0.4 is 5.73 Å². The predicted molar refractivity (Wildman–Crippen MR) is 130 cm³/mol. The highest BCUT2D eigenvalue weighted by molar-refractivity contribution is 5.84. The number of imidazole rings is 1. The Labute approximate surface area is 180 Å². The van der Waals surface area contributed by atoms with E-state index in [1.165, 1.54) is 22.3 Å². The van der Waals surface area contributed by atoms with Gasteiger partial charge >= 0.3 is 0 Å². The van der Waals surface area contributed by atoms with Gasteiger partial charge in [-0.05, 0) is 73.5 Å². The largest absolute Gasteiger partial charge is 0.338 e. The van der Waals surface area contributed by atoms with Gasteiger partial charge in [0.25, 0.3) is 0 Å². The van der Waals surface area contributed by atoms with Crippen LogP contribution in [-0.4, -0.2) is 16.0 Å². The van der Waals surface area contributed by atoms with Crippen LogP contribution in [0.15, 0.2) is 72.3 Å². The van der Waals surface area contributed by atoms with E-state index in [-0.39, 0.29) is 0 Å². The van der Waals surface area contributed by atoms with Crippen molar-refractivity contribution in [1.82, 2.24) is 9.97 Å². The summed E-state index contributed by atoms with van der Waals surface area (Å²) in [5.74, 6) is 0.936. The van der Waals surface area contributed by atoms with Gasteiger partial charge in [0, 0.05) is 5.57 Å². The molecule has 3 aromatic rings. The van der Waals surface area contributed by atoms with Gasteiger partial charge in [0.2, 0.25) is 0 Å². The third-order valence-electron chi connectivity index (χ3n) is 5.01. The number of hydrogen-bond acceptors (Lipinski definition) is 2. The van der Waals surface area contributed by atoms with Crippen molar-refractivity contribution in [3.8, 4) is 0 Å². The Morgan fingerprint density at radius 3 is 2.60 bits per heavy atom. The van der Waals surface area contributed by atoms with E-state index in [2.05, 4.69) is 67.4 Å². The summed E-state index contributed by atoms with van der Waals surface area (Å²) < 4.78 is 0. The summed E-state index contributed by atoms with van der Waals surface area (Å²) in [6.07, 6.45) is 12.4. The number of para-hydroxylation sites is 2. The fourth-order valence-corrected chi connectivity index (χ4v) is 3.60. The van der Waals surface area contributed by atoms with Crippen LogP contribution in [0, 0.1) is 6.92 Å². The number of rotatable bonds is 4. The molecule has 156 valence electrons. The summed E-state index contributed by atoms with van der Waals surface area (Å²) in [7, 11) is 0. The number of allylic oxidation sites excluding steroid dienone is 5. The van der Waals surface area contributed by atoms with E-state index in [1.54, 1.807) is 0 Å². The maximum absolute atomic E-state index is 5.11. The van der Waals surface area contributed by atoms with E-state index in [0.29, 0.717) is 6.04 Å². The molecule has 0 amide bonds. The smallest absolute Gasteiger partial charge is 0.138 e. The maximum Gasteiger partial charge on any atom is 0.138 e. The zero-order chi connectivity index (χ0) is 21.5. The van der Waals surface area contributed by atoms with Gasteiger partial charge in [-0.25, -0.2) is 4.98 Å². The van der Waals surface area contributed by atoms with Gasteiger partial charge in [-0.3, -0.25) is 0 Å². The van der Waals surface area contributed by atoms with Crippen LogP contribution in [0.25, 0.3) is 16.6 Å². The van der Waals surface area contributed by atoms with Gasteiger partial charge < -0.3 is 10.7 Å². The minimum atomic E-state index is 0.333. The third-order valence-corrected chi connectivity index (χ3v) is 5.01. The number of nitrogens with two attached hydrogens (primary N) is 1. The van der Waals surface area contributed by atoms with Crippen LogP contribution in [0.5, 0.6) is 0 Å². The zero-order valence-corrected chi connectivity index (χ0v) is 18.6. The lowest BCUT2D eigenvalue weighted by Gasteiger charge is -2.12. The molecule has 0 unspecified atom stereocenters. The molecular formula is C27H33N3. The summed E-state index contributed by atoms with van der Waals surface area (Å²) in [4.78, 5) is 8.27. The van der Waals surface area contributed by atoms with E-state index >= 15 is 0 Å². The molecule has 0 atom stereocenters. The Balaban J connectivity index is 0.000000589. The lowest BCUT2D eigenvalue weighted by Crippen LogP contribution is -2.06. The van der Waals surface area contributed by atoms with E-state index < -0.39 is 0 Å². The third kappa shape index (κ3) is 5.58. The summed E-state index contributed by atoms with van der Waals surface area (Å²) in [6.45, 7) is 8.14. The predicted octanol–water partition coefficient (Wildman–Crippen LogP) is 6.50. The molecule has 0 bridgehead atoms. The van der Waals surface area contributed by atoms with Gasteiger partial charge in [0.1, 0.15) is 5.82 Å². The highest BCUT2D eigenvalue weighted by Gasteiger charge is 2.13. The SMILES string of the molecule is C/C=C(\c1nc2ccccc2[nH]1)c1cc(CC2=CCCC=C2)ccc1C.CC(C)N. The Hall–Kier alpha value is -2.91. The molecule has 0 saturated carbocycles. The highest BCUT2D eigenvalue weighted by atomic mass is 14.9. The van der Waals surface area contributed by atoms with Crippen molar-refractivity contribution in [1.29, 1.82) is 0 Å². The molecule has 0 spiro atoms.